The van der Waals surface area contributed by atoms with Crippen molar-refractivity contribution >= 4 is 45.5 Å². The number of likely N-dealkylation sites (tertiary alicyclic amines) is 1. The third-order valence-corrected chi connectivity index (χ3v) is 10.6. The Morgan fingerprint density at radius 3 is 2.54 bits per heavy atom. The average molecular weight is 572 g/mol. The maximum atomic E-state index is 14.2. The monoisotopic (exact) mass is 570 g/mol. The molecule has 0 aromatic rings. The van der Waals surface area contributed by atoms with Crippen LogP contribution in [0.25, 0.3) is 0 Å². The zero-order valence-corrected chi connectivity index (χ0v) is 23.5. The van der Waals surface area contributed by atoms with Gasteiger partial charge in [0.15, 0.2) is 0 Å². The zero-order chi connectivity index (χ0) is 26.0. The Kier molecular flexibility index (Phi) is 9.19. The van der Waals surface area contributed by atoms with Crippen LogP contribution in [0.5, 0.6) is 0 Å². The number of amides is 2. The molecule has 3 saturated heterocycles. The summed E-state index contributed by atoms with van der Waals surface area (Å²) in [4.78, 5) is 44.9. The Morgan fingerprint density at radius 1 is 1.26 bits per heavy atom. The number of hydrogen-bond donors (Lipinski definition) is 1. The van der Waals surface area contributed by atoms with Crippen LogP contribution in [0.1, 0.15) is 52.9 Å². The lowest BCUT2D eigenvalue weighted by Crippen LogP contribution is -2.59. The first-order chi connectivity index (χ1) is 16.5. The van der Waals surface area contributed by atoms with Crippen LogP contribution in [0.2, 0.25) is 0 Å². The number of halogens is 1. The van der Waals surface area contributed by atoms with Gasteiger partial charge in [0.2, 0.25) is 11.8 Å². The number of unbranched alkanes of at least 4 members (excludes halogenated alkanes) is 3. The van der Waals surface area contributed by atoms with E-state index in [4.69, 9.17) is 9.84 Å². The maximum absolute atomic E-state index is 14.2. The topological polar surface area (TPSA) is 87.1 Å². The predicted molar refractivity (Wildman–Crippen MR) is 142 cm³/mol. The molecule has 196 valence electrons. The van der Waals surface area contributed by atoms with Crippen LogP contribution in [0.4, 0.5) is 0 Å². The predicted octanol–water partition coefficient (Wildman–Crippen LogP) is 3.55. The number of carbonyl (C=O) groups excluding carboxylic acids is 3. The van der Waals surface area contributed by atoms with Crippen molar-refractivity contribution in [2.45, 2.75) is 79.3 Å². The van der Waals surface area contributed by atoms with Crippen LogP contribution in [0, 0.1) is 11.8 Å². The molecule has 2 bridgehead atoms. The molecule has 3 rings (SSSR count). The second-order valence-electron chi connectivity index (χ2n) is 10.7. The molecular weight excluding hydrogens is 532 g/mol. The van der Waals surface area contributed by atoms with Gasteiger partial charge in [0.1, 0.15) is 12.6 Å². The van der Waals surface area contributed by atoms with Crippen LogP contribution >= 0.6 is 27.7 Å². The quantitative estimate of drug-likeness (QED) is 0.167. The van der Waals surface area contributed by atoms with Crippen LogP contribution < -0.4 is 0 Å². The van der Waals surface area contributed by atoms with Gasteiger partial charge in [-0.2, -0.15) is 0 Å². The van der Waals surface area contributed by atoms with Crippen molar-refractivity contribution in [1.82, 2.24) is 9.80 Å². The second-order valence-corrected chi connectivity index (χ2v) is 13.4. The van der Waals surface area contributed by atoms with Gasteiger partial charge in [-0.15, -0.1) is 18.3 Å². The van der Waals surface area contributed by atoms with E-state index < -0.39 is 28.2 Å². The highest BCUT2D eigenvalue weighted by atomic mass is 79.9. The molecule has 0 aliphatic carbocycles. The van der Waals surface area contributed by atoms with Gasteiger partial charge >= 0.3 is 5.97 Å². The van der Waals surface area contributed by atoms with Gasteiger partial charge in [-0.05, 0) is 40.0 Å². The van der Waals surface area contributed by atoms with E-state index in [1.165, 1.54) is 6.08 Å². The molecule has 6 atom stereocenters. The van der Waals surface area contributed by atoms with Gasteiger partial charge in [0, 0.05) is 35.3 Å². The van der Waals surface area contributed by atoms with Gasteiger partial charge in [-0.25, -0.2) is 0 Å². The Labute approximate surface area is 221 Å². The number of aliphatic hydroxyl groups excluding tert-OH is 1. The number of hydrogen-bond acceptors (Lipinski definition) is 6. The van der Waals surface area contributed by atoms with E-state index in [2.05, 4.69) is 29.1 Å². The third-order valence-electron chi connectivity index (χ3n) is 7.33. The summed E-state index contributed by atoms with van der Waals surface area (Å²) in [7, 11) is 0. The number of aliphatic hydroxyl groups is 1. The number of thioether (sulfide) groups is 1. The summed E-state index contributed by atoms with van der Waals surface area (Å²) < 4.78 is 4.75. The van der Waals surface area contributed by atoms with E-state index in [9.17, 15) is 14.4 Å². The molecule has 2 amide bonds. The van der Waals surface area contributed by atoms with E-state index in [0.29, 0.717) is 19.5 Å². The summed E-state index contributed by atoms with van der Waals surface area (Å²) >= 11 is 5.39. The first-order valence-corrected chi connectivity index (χ1v) is 14.3. The largest absolute Gasteiger partial charge is 0.461 e. The standard InChI is InChI=1S/C26H39BrN2O5S/c1-6-12-29(25(3,4)5)23(32)21-26-16-17(27)20(35-26)18(24(33)34-15-7-2)19(26)22(31)28(21)13-10-8-9-11-14-30/h6-7,17-21,30H,1-2,8-16H2,3-5H3/t17?,18-,19-,20-,21?,26?/m0/s1. The summed E-state index contributed by atoms with van der Waals surface area (Å²) in [6.45, 7) is 14.5. The molecule has 3 fully saturated rings. The summed E-state index contributed by atoms with van der Waals surface area (Å²) in [6.07, 6.45) is 7.08. The number of nitrogens with zero attached hydrogens (tertiary/aromatic N) is 2. The first-order valence-electron chi connectivity index (χ1n) is 12.5. The molecule has 3 aliphatic rings. The van der Waals surface area contributed by atoms with Crippen molar-refractivity contribution in [3.63, 3.8) is 0 Å². The molecule has 0 saturated carbocycles. The Bertz CT molecular complexity index is 846. The second kappa shape index (κ2) is 11.4. The molecule has 9 heteroatoms. The van der Waals surface area contributed by atoms with Gasteiger partial charge < -0.3 is 19.6 Å². The fraction of sp³-hybridized carbons (Fsp3) is 0.731. The lowest BCUT2D eigenvalue weighted by molar-refractivity contribution is -0.153. The summed E-state index contributed by atoms with van der Waals surface area (Å²) in [5.41, 5.74) is -0.451. The average Bonchev–Trinajstić information content (AvgIpc) is 3.38. The molecule has 3 heterocycles. The minimum absolute atomic E-state index is 0.0140. The molecule has 3 unspecified atom stereocenters. The zero-order valence-electron chi connectivity index (χ0n) is 21.1. The first kappa shape index (κ1) is 28.3. The van der Waals surface area contributed by atoms with Gasteiger partial charge in [-0.3, -0.25) is 14.4 Å². The van der Waals surface area contributed by atoms with Crippen LogP contribution in [-0.4, -0.2) is 85.4 Å². The number of fused-ring (bicyclic) bond motifs is 1. The van der Waals surface area contributed by atoms with Gasteiger partial charge in [0.05, 0.1) is 16.6 Å². The third kappa shape index (κ3) is 5.23. The molecule has 1 spiro atoms. The highest BCUT2D eigenvalue weighted by Gasteiger charge is 2.76. The van der Waals surface area contributed by atoms with Crippen molar-refractivity contribution in [1.29, 1.82) is 0 Å². The molecule has 0 aromatic carbocycles. The van der Waals surface area contributed by atoms with Crippen LogP contribution in [0.15, 0.2) is 25.3 Å². The molecule has 0 radical (unpaired) electrons. The SMILES string of the molecule is C=CCOC(=O)[C@H]1[C@H]2C(=O)N(CCCCCCO)C(C(=O)N(CC=C)C(C)(C)C)C23CC(Br)[C@@H]1S3. The van der Waals surface area contributed by atoms with Crippen molar-refractivity contribution in [2.24, 2.45) is 11.8 Å². The Morgan fingerprint density at radius 2 is 1.94 bits per heavy atom. The normalized spacial score (nSPS) is 31.4. The fourth-order valence-electron chi connectivity index (χ4n) is 5.87. The van der Waals surface area contributed by atoms with E-state index in [1.807, 2.05) is 20.8 Å². The van der Waals surface area contributed by atoms with Gasteiger partial charge in [0.25, 0.3) is 0 Å². The van der Waals surface area contributed by atoms with Gasteiger partial charge in [-0.1, -0.05) is 47.5 Å². The minimum Gasteiger partial charge on any atom is -0.461 e. The number of alkyl halides is 1. The number of ether oxygens (including phenoxy) is 1. The molecular formula is C26H39BrN2O5S. The molecule has 1 N–H and O–H groups in total. The summed E-state index contributed by atoms with van der Waals surface area (Å²) in [5.74, 6) is -1.77. The number of esters is 1. The number of rotatable bonds is 12. The van der Waals surface area contributed by atoms with E-state index in [-0.39, 0.29) is 41.1 Å². The van der Waals surface area contributed by atoms with Crippen LogP contribution in [-0.2, 0) is 19.1 Å². The van der Waals surface area contributed by atoms with E-state index in [1.54, 1.807) is 27.6 Å². The summed E-state index contributed by atoms with van der Waals surface area (Å²) in [5, 5.41) is 8.97. The van der Waals surface area contributed by atoms with Crippen molar-refractivity contribution < 1.29 is 24.2 Å². The Hall–Kier alpha value is -1.32. The highest BCUT2D eigenvalue weighted by molar-refractivity contribution is 9.09. The molecule has 3 aliphatic heterocycles. The van der Waals surface area contributed by atoms with Crippen molar-refractivity contribution in [3.8, 4) is 0 Å². The fourth-order valence-corrected chi connectivity index (χ4v) is 9.47. The highest BCUT2D eigenvalue weighted by Crippen LogP contribution is 2.68. The Balaban J connectivity index is 2.00. The minimum atomic E-state index is -0.680. The molecule has 7 nitrogen and oxygen atoms in total. The smallest absolute Gasteiger partial charge is 0.311 e. The molecule has 35 heavy (non-hydrogen) atoms. The number of carbonyl (C=O) groups is 3. The van der Waals surface area contributed by atoms with Crippen LogP contribution in [0.3, 0.4) is 0 Å². The van der Waals surface area contributed by atoms with Crippen molar-refractivity contribution in [2.75, 3.05) is 26.3 Å². The van der Waals surface area contributed by atoms with E-state index in [0.717, 1.165) is 25.7 Å². The van der Waals surface area contributed by atoms with E-state index >= 15 is 0 Å². The molecule has 0 aromatic heterocycles. The lowest BCUT2D eigenvalue weighted by Gasteiger charge is -2.42. The lowest BCUT2D eigenvalue weighted by atomic mass is 9.71. The van der Waals surface area contributed by atoms with Crippen molar-refractivity contribution in [3.05, 3.63) is 25.3 Å². The maximum Gasteiger partial charge on any atom is 0.311 e. The summed E-state index contributed by atoms with van der Waals surface area (Å²) in [6, 6.07) is -0.649.